The largest absolute Gasteiger partial charge is 0.478 e. The van der Waals surface area contributed by atoms with Gasteiger partial charge in [-0.3, -0.25) is 0 Å². The molecule has 0 amide bonds. The summed E-state index contributed by atoms with van der Waals surface area (Å²) >= 11 is 0. The Kier molecular flexibility index (Phi) is 5.94. The summed E-state index contributed by atoms with van der Waals surface area (Å²) < 4.78 is 26.1. The van der Waals surface area contributed by atoms with Crippen molar-refractivity contribution in [2.24, 2.45) is 0 Å². The lowest BCUT2D eigenvalue weighted by Gasteiger charge is -2.06. The maximum Gasteiger partial charge on any atom is 0.335 e. The van der Waals surface area contributed by atoms with Crippen LogP contribution in [0.3, 0.4) is 0 Å². The Morgan fingerprint density at radius 3 is 2.26 bits per heavy atom. The topological polar surface area (TPSA) is 104 Å². The van der Waals surface area contributed by atoms with Gasteiger partial charge < -0.3 is 10.2 Å². The number of carbonyl (C=O) groups is 1. The molecular weight excluding hydrogens is 270 g/mol. The summed E-state index contributed by atoms with van der Waals surface area (Å²) in [4.78, 5) is 10.7. The lowest BCUT2D eigenvalue weighted by molar-refractivity contribution is 0.0696. The molecule has 0 aliphatic rings. The van der Waals surface area contributed by atoms with Crippen molar-refractivity contribution in [3.63, 3.8) is 0 Å². The lowest BCUT2D eigenvalue weighted by atomic mass is 10.2. The van der Waals surface area contributed by atoms with Gasteiger partial charge in [0, 0.05) is 13.2 Å². The average molecular weight is 287 g/mol. The van der Waals surface area contributed by atoms with Gasteiger partial charge in [-0.05, 0) is 43.5 Å². The summed E-state index contributed by atoms with van der Waals surface area (Å²) in [5, 5.41) is 17.3. The van der Waals surface area contributed by atoms with Crippen LogP contribution in [0.4, 0.5) is 0 Å². The second-order valence-electron chi connectivity index (χ2n) is 4.01. The van der Waals surface area contributed by atoms with Crippen molar-refractivity contribution in [2.75, 3.05) is 13.2 Å². The van der Waals surface area contributed by atoms with Gasteiger partial charge in [-0.15, -0.1) is 0 Å². The minimum atomic E-state index is -3.60. The Bertz CT molecular complexity index is 509. The second kappa shape index (κ2) is 7.22. The van der Waals surface area contributed by atoms with Gasteiger partial charge >= 0.3 is 5.97 Å². The van der Waals surface area contributed by atoms with Crippen LogP contribution < -0.4 is 4.72 Å². The minimum absolute atomic E-state index is 0.0414. The van der Waals surface area contributed by atoms with Crippen LogP contribution in [0.15, 0.2) is 29.2 Å². The van der Waals surface area contributed by atoms with Crippen LogP contribution in [0.1, 0.15) is 29.6 Å². The van der Waals surface area contributed by atoms with Crippen molar-refractivity contribution in [3.8, 4) is 0 Å². The predicted octanol–water partition coefficient (Wildman–Crippen LogP) is 0.826. The van der Waals surface area contributed by atoms with E-state index in [-0.39, 0.29) is 17.1 Å². The molecule has 0 unspecified atom stereocenters. The highest BCUT2D eigenvalue weighted by Gasteiger charge is 2.13. The first-order valence-electron chi connectivity index (χ1n) is 5.91. The molecule has 0 aliphatic heterocycles. The first-order valence-corrected chi connectivity index (χ1v) is 7.39. The van der Waals surface area contributed by atoms with E-state index in [1.54, 1.807) is 0 Å². The average Bonchev–Trinajstić information content (AvgIpc) is 2.38. The standard InChI is InChI=1S/C12H17NO5S/c14-9-3-1-2-8-13-19(17,18)11-6-4-10(5-7-11)12(15)16/h4-7,13-14H,1-3,8-9H2,(H,15,16). The third kappa shape index (κ3) is 4.98. The van der Waals surface area contributed by atoms with Crippen molar-refractivity contribution in [3.05, 3.63) is 29.8 Å². The van der Waals surface area contributed by atoms with Gasteiger partial charge in [-0.25, -0.2) is 17.9 Å². The number of sulfonamides is 1. The lowest BCUT2D eigenvalue weighted by Crippen LogP contribution is -2.24. The van der Waals surface area contributed by atoms with Crippen LogP contribution >= 0.6 is 0 Å². The Morgan fingerprint density at radius 1 is 1.11 bits per heavy atom. The van der Waals surface area contributed by atoms with Gasteiger partial charge in [0.05, 0.1) is 10.5 Å². The molecule has 0 aromatic heterocycles. The molecule has 3 N–H and O–H groups in total. The Morgan fingerprint density at radius 2 is 1.74 bits per heavy atom. The number of carboxylic acid groups (broad SMARTS) is 1. The molecule has 0 radical (unpaired) electrons. The maximum atomic E-state index is 11.8. The number of hydrogen-bond donors (Lipinski definition) is 3. The number of aliphatic hydroxyl groups is 1. The molecular formula is C12H17NO5S. The first kappa shape index (κ1) is 15.6. The van der Waals surface area contributed by atoms with Gasteiger partial charge in [0.2, 0.25) is 10.0 Å². The molecule has 106 valence electrons. The molecule has 0 aliphatic carbocycles. The van der Waals surface area contributed by atoms with E-state index < -0.39 is 16.0 Å². The highest BCUT2D eigenvalue weighted by atomic mass is 32.2. The van der Waals surface area contributed by atoms with Gasteiger partial charge in [-0.2, -0.15) is 0 Å². The van der Waals surface area contributed by atoms with Gasteiger partial charge in [-0.1, -0.05) is 0 Å². The molecule has 0 atom stereocenters. The summed E-state index contributed by atoms with van der Waals surface area (Å²) in [6.45, 7) is 0.395. The van der Waals surface area contributed by atoms with Crippen molar-refractivity contribution in [1.82, 2.24) is 4.72 Å². The number of aromatic carboxylic acids is 1. The first-order chi connectivity index (χ1) is 8.97. The van der Waals surface area contributed by atoms with Gasteiger partial charge in [0.15, 0.2) is 0 Å². The van der Waals surface area contributed by atoms with E-state index in [2.05, 4.69) is 4.72 Å². The Balaban J connectivity index is 2.59. The van der Waals surface area contributed by atoms with Crippen molar-refractivity contribution < 1.29 is 23.4 Å². The third-order valence-corrected chi connectivity index (χ3v) is 4.02. The fourth-order valence-corrected chi connectivity index (χ4v) is 2.55. The van der Waals surface area contributed by atoms with Crippen molar-refractivity contribution >= 4 is 16.0 Å². The van der Waals surface area contributed by atoms with E-state index in [1.165, 1.54) is 24.3 Å². The molecule has 0 heterocycles. The van der Waals surface area contributed by atoms with Crippen LogP contribution in [-0.4, -0.2) is 37.8 Å². The predicted molar refractivity (Wildman–Crippen MR) is 69.5 cm³/mol. The number of nitrogens with one attached hydrogen (secondary N) is 1. The smallest absolute Gasteiger partial charge is 0.335 e. The fourth-order valence-electron chi connectivity index (χ4n) is 1.48. The molecule has 1 aromatic rings. The van der Waals surface area contributed by atoms with Crippen LogP contribution in [0.5, 0.6) is 0 Å². The molecule has 0 saturated heterocycles. The zero-order valence-corrected chi connectivity index (χ0v) is 11.2. The third-order valence-electron chi connectivity index (χ3n) is 2.54. The molecule has 0 saturated carbocycles. The Hall–Kier alpha value is -1.44. The quantitative estimate of drug-likeness (QED) is 0.614. The van der Waals surface area contributed by atoms with Crippen molar-refractivity contribution in [1.29, 1.82) is 0 Å². The highest BCUT2D eigenvalue weighted by Crippen LogP contribution is 2.10. The summed E-state index contributed by atoms with van der Waals surface area (Å²) in [5.41, 5.74) is 0.0434. The van der Waals surface area contributed by atoms with Crippen LogP contribution in [0.25, 0.3) is 0 Å². The normalized spacial score (nSPS) is 11.4. The molecule has 6 nitrogen and oxygen atoms in total. The highest BCUT2D eigenvalue weighted by molar-refractivity contribution is 7.89. The van der Waals surface area contributed by atoms with E-state index in [0.29, 0.717) is 19.4 Å². The van der Waals surface area contributed by atoms with Crippen LogP contribution in [0.2, 0.25) is 0 Å². The molecule has 0 spiro atoms. The second-order valence-corrected chi connectivity index (χ2v) is 5.78. The monoisotopic (exact) mass is 287 g/mol. The zero-order chi connectivity index (χ0) is 14.3. The summed E-state index contributed by atoms with van der Waals surface area (Å²) in [6, 6.07) is 5.03. The van der Waals surface area contributed by atoms with Crippen LogP contribution in [0, 0.1) is 0 Å². The number of carboxylic acids is 1. The van der Waals surface area contributed by atoms with Gasteiger partial charge in [0.1, 0.15) is 0 Å². The molecule has 0 fully saturated rings. The number of aliphatic hydroxyl groups excluding tert-OH is 1. The van der Waals surface area contributed by atoms with E-state index >= 15 is 0 Å². The molecule has 0 bridgehead atoms. The molecule has 1 rings (SSSR count). The number of unbranched alkanes of at least 4 members (excludes halogenated alkanes) is 2. The van der Waals surface area contributed by atoms with E-state index in [4.69, 9.17) is 10.2 Å². The van der Waals surface area contributed by atoms with E-state index in [9.17, 15) is 13.2 Å². The SMILES string of the molecule is O=C(O)c1ccc(S(=O)(=O)NCCCCCO)cc1. The number of benzene rings is 1. The summed E-state index contributed by atoms with van der Waals surface area (Å²) in [7, 11) is -3.60. The summed E-state index contributed by atoms with van der Waals surface area (Å²) in [5.74, 6) is -1.10. The molecule has 7 heteroatoms. The zero-order valence-electron chi connectivity index (χ0n) is 10.4. The number of hydrogen-bond acceptors (Lipinski definition) is 4. The maximum absolute atomic E-state index is 11.8. The summed E-state index contributed by atoms with van der Waals surface area (Å²) in [6.07, 6.45) is 2.04. The van der Waals surface area contributed by atoms with E-state index in [1.807, 2.05) is 0 Å². The van der Waals surface area contributed by atoms with E-state index in [0.717, 1.165) is 6.42 Å². The molecule has 1 aromatic carbocycles. The Labute approximate surface area is 112 Å². The molecule has 19 heavy (non-hydrogen) atoms. The number of rotatable bonds is 8. The van der Waals surface area contributed by atoms with Gasteiger partial charge in [0.25, 0.3) is 0 Å². The fraction of sp³-hybridized carbons (Fsp3) is 0.417. The minimum Gasteiger partial charge on any atom is -0.478 e. The van der Waals surface area contributed by atoms with Crippen LogP contribution in [-0.2, 0) is 10.0 Å². The van der Waals surface area contributed by atoms with Crippen molar-refractivity contribution in [2.45, 2.75) is 24.2 Å².